The van der Waals surface area contributed by atoms with E-state index in [0.29, 0.717) is 5.41 Å². The third-order valence-electron chi connectivity index (χ3n) is 3.42. The summed E-state index contributed by atoms with van der Waals surface area (Å²) in [6.07, 6.45) is 4.68. The summed E-state index contributed by atoms with van der Waals surface area (Å²) >= 11 is 0. The van der Waals surface area contributed by atoms with Gasteiger partial charge in [0.05, 0.1) is 6.61 Å². The van der Waals surface area contributed by atoms with E-state index in [-0.39, 0.29) is 12.1 Å². The van der Waals surface area contributed by atoms with Crippen molar-refractivity contribution in [2.45, 2.75) is 52.0 Å². The molecule has 0 aromatic carbocycles. The summed E-state index contributed by atoms with van der Waals surface area (Å²) in [5, 5.41) is 12.8. The second kappa shape index (κ2) is 3.97. The second-order valence-corrected chi connectivity index (χ2v) is 5.13. The molecule has 0 spiro atoms. The highest BCUT2D eigenvalue weighted by Crippen LogP contribution is 2.39. The van der Waals surface area contributed by atoms with Crippen molar-refractivity contribution < 1.29 is 5.11 Å². The first-order valence-corrected chi connectivity index (χ1v) is 5.39. The SMILES string of the molecule is CCNC1(CO)CCC(C)(C)CC1. The van der Waals surface area contributed by atoms with E-state index in [1.165, 1.54) is 12.8 Å². The van der Waals surface area contributed by atoms with Gasteiger partial charge >= 0.3 is 0 Å². The highest BCUT2D eigenvalue weighted by molar-refractivity contribution is 4.94. The van der Waals surface area contributed by atoms with Gasteiger partial charge in [0.1, 0.15) is 0 Å². The second-order valence-electron chi connectivity index (χ2n) is 5.13. The van der Waals surface area contributed by atoms with Crippen LogP contribution in [0.25, 0.3) is 0 Å². The first-order valence-electron chi connectivity index (χ1n) is 5.39. The maximum absolute atomic E-state index is 9.38. The molecular weight excluding hydrogens is 162 g/mol. The molecule has 1 saturated carbocycles. The summed E-state index contributed by atoms with van der Waals surface area (Å²) in [5.74, 6) is 0. The van der Waals surface area contributed by atoms with Crippen molar-refractivity contribution in [2.75, 3.05) is 13.2 Å². The average molecular weight is 185 g/mol. The summed E-state index contributed by atoms with van der Waals surface area (Å²) in [6, 6.07) is 0. The van der Waals surface area contributed by atoms with Crippen LogP contribution in [-0.2, 0) is 0 Å². The van der Waals surface area contributed by atoms with Crippen LogP contribution in [0.1, 0.15) is 46.5 Å². The Hall–Kier alpha value is -0.0800. The van der Waals surface area contributed by atoms with Gasteiger partial charge in [-0.1, -0.05) is 20.8 Å². The molecule has 13 heavy (non-hydrogen) atoms. The topological polar surface area (TPSA) is 32.3 Å². The monoisotopic (exact) mass is 185 g/mol. The number of rotatable bonds is 3. The van der Waals surface area contributed by atoms with Crippen molar-refractivity contribution in [3.05, 3.63) is 0 Å². The van der Waals surface area contributed by atoms with E-state index in [4.69, 9.17) is 0 Å². The van der Waals surface area contributed by atoms with E-state index in [2.05, 4.69) is 26.1 Å². The van der Waals surface area contributed by atoms with Gasteiger partial charge in [-0.25, -0.2) is 0 Å². The Kier molecular flexibility index (Phi) is 3.36. The zero-order valence-corrected chi connectivity index (χ0v) is 9.19. The van der Waals surface area contributed by atoms with E-state index < -0.39 is 0 Å². The Balaban J connectivity index is 2.52. The number of hydrogen-bond donors (Lipinski definition) is 2. The van der Waals surface area contributed by atoms with Crippen LogP contribution in [0.2, 0.25) is 0 Å². The lowest BCUT2D eigenvalue weighted by atomic mass is 9.69. The third-order valence-corrected chi connectivity index (χ3v) is 3.42. The van der Waals surface area contributed by atoms with Gasteiger partial charge in [0.25, 0.3) is 0 Å². The molecule has 1 aliphatic carbocycles. The minimum atomic E-state index is 0.0320. The molecule has 0 radical (unpaired) electrons. The van der Waals surface area contributed by atoms with E-state index >= 15 is 0 Å². The molecule has 2 heteroatoms. The molecule has 2 nitrogen and oxygen atoms in total. The molecular formula is C11H23NO. The Morgan fingerprint density at radius 1 is 1.15 bits per heavy atom. The highest BCUT2D eigenvalue weighted by atomic mass is 16.3. The number of nitrogens with one attached hydrogen (secondary N) is 1. The van der Waals surface area contributed by atoms with Gasteiger partial charge in [0.2, 0.25) is 0 Å². The minimum absolute atomic E-state index is 0.0320. The van der Waals surface area contributed by atoms with Crippen LogP contribution < -0.4 is 5.32 Å². The zero-order valence-electron chi connectivity index (χ0n) is 9.19. The van der Waals surface area contributed by atoms with Crippen molar-refractivity contribution in [1.29, 1.82) is 0 Å². The summed E-state index contributed by atoms with van der Waals surface area (Å²) in [7, 11) is 0. The lowest BCUT2D eigenvalue weighted by Gasteiger charge is -2.43. The summed E-state index contributed by atoms with van der Waals surface area (Å²) in [6.45, 7) is 8.00. The van der Waals surface area contributed by atoms with Crippen LogP contribution in [0.4, 0.5) is 0 Å². The number of hydrogen-bond acceptors (Lipinski definition) is 2. The normalized spacial score (nSPS) is 25.8. The molecule has 0 saturated heterocycles. The number of aliphatic hydroxyl groups is 1. The van der Waals surface area contributed by atoms with Gasteiger partial charge in [0, 0.05) is 5.54 Å². The van der Waals surface area contributed by atoms with E-state index in [1.54, 1.807) is 0 Å². The van der Waals surface area contributed by atoms with Crippen molar-refractivity contribution in [1.82, 2.24) is 5.32 Å². The van der Waals surface area contributed by atoms with Gasteiger partial charge in [-0.2, -0.15) is 0 Å². The van der Waals surface area contributed by atoms with Gasteiger partial charge in [-0.3, -0.25) is 0 Å². The molecule has 0 amide bonds. The number of likely N-dealkylation sites (N-methyl/N-ethyl adjacent to an activating group) is 1. The molecule has 0 bridgehead atoms. The van der Waals surface area contributed by atoms with Crippen molar-refractivity contribution in [3.63, 3.8) is 0 Å². The predicted octanol–water partition coefficient (Wildman–Crippen LogP) is 1.93. The van der Waals surface area contributed by atoms with Crippen LogP contribution in [0.3, 0.4) is 0 Å². The van der Waals surface area contributed by atoms with Crippen LogP contribution in [0, 0.1) is 5.41 Å². The fourth-order valence-corrected chi connectivity index (χ4v) is 2.17. The first kappa shape index (κ1) is 11.0. The summed E-state index contributed by atoms with van der Waals surface area (Å²) in [4.78, 5) is 0. The molecule has 78 valence electrons. The Morgan fingerprint density at radius 3 is 2.08 bits per heavy atom. The molecule has 2 N–H and O–H groups in total. The molecule has 0 unspecified atom stereocenters. The Labute approximate surface area is 81.7 Å². The zero-order chi connectivity index (χ0) is 9.95. The van der Waals surface area contributed by atoms with Gasteiger partial charge in [-0.15, -0.1) is 0 Å². The minimum Gasteiger partial charge on any atom is -0.394 e. The molecule has 0 aromatic heterocycles. The predicted molar refractivity (Wildman–Crippen MR) is 55.7 cm³/mol. The molecule has 0 atom stereocenters. The highest BCUT2D eigenvalue weighted by Gasteiger charge is 2.36. The lowest BCUT2D eigenvalue weighted by molar-refractivity contribution is 0.0777. The average Bonchev–Trinajstić information content (AvgIpc) is 2.10. The van der Waals surface area contributed by atoms with Crippen molar-refractivity contribution in [3.8, 4) is 0 Å². The standard InChI is InChI=1S/C11H23NO/c1-4-12-11(9-13)7-5-10(2,3)6-8-11/h12-13H,4-9H2,1-3H3. The van der Waals surface area contributed by atoms with E-state index in [9.17, 15) is 5.11 Å². The maximum Gasteiger partial charge on any atom is 0.0613 e. The van der Waals surface area contributed by atoms with Crippen LogP contribution in [0.15, 0.2) is 0 Å². The van der Waals surface area contributed by atoms with Crippen LogP contribution >= 0.6 is 0 Å². The Morgan fingerprint density at radius 2 is 1.69 bits per heavy atom. The lowest BCUT2D eigenvalue weighted by Crippen LogP contribution is -2.51. The van der Waals surface area contributed by atoms with E-state index in [1.807, 2.05) is 0 Å². The maximum atomic E-state index is 9.38. The molecule has 1 aliphatic rings. The van der Waals surface area contributed by atoms with Gasteiger partial charge in [-0.05, 0) is 37.6 Å². The van der Waals surface area contributed by atoms with Crippen LogP contribution in [0.5, 0.6) is 0 Å². The quantitative estimate of drug-likeness (QED) is 0.704. The van der Waals surface area contributed by atoms with Crippen LogP contribution in [-0.4, -0.2) is 23.8 Å². The molecule has 1 fully saturated rings. The van der Waals surface area contributed by atoms with Crippen molar-refractivity contribution in [2.24, 2.45) is 5.41 Å². The Bertz CT molecular complexity index is 155. The largest absolute Gasteiger partial charge is 0.394 e. The van der Waals surface area contributed by atoms with Gasteiger partial charge in [0.15, 0.2) is 0 Å². The summed E-state index contributed by atoms with van der Waals surface area (Å²) in [5.41, 5.74) is 0.512. The first-order chi connectivity index (χ1) is 6.04. The fraction of sp³-hybridized carbons (Fsp3) is 1.00. The fourth-order valence-electron chi connectivity index (χ4n) is 2.17. The van der Waals surface area contributed by atoms with E-state index in [0.717, 1.165) is 19.4 Å². The number of aliphatic hydroxyl groups excluding tert-OH is 1. The van der Waals surface area contributed by atoms with Gasteiger partial charge < -0.3 is 10.4 Å². The molecule has 0 heterocycles. The summed E-state index contributed by atoms with van der Waals surface area (Å²) < 4.78 is 0. The van der Waals surface area contributed by atoms with Crippen molar-refractivity contribution >= 4 is 0 Å². The third kappa shape index (κ3) is 2.68. The molecule has 0 aromatic rings. The smallest absolute Gasteiger partial charge is 0.0613 e. The molecule has 0 aliphatic heterocycles. The molecule has 1 rings (SSSR count).